The highest BCUT2D eigenvalue weighted by atomic mass is 79.9. The largest absolute Gasteiger partial charge is 0.508 e. The van der Waals surface area contributed by atoms with E-state index in [9.17, 15) is 5.11 Å². The summed E-state index contributed by atoms with van der Waals surface area (Å²) in [5.41, 5.74) is 1.05. The fraction of sp³-hybridized carbons (Fsp3) is 0.571. The van der Waals surface area contributed by atoms with Crippen molar-refractivity contribution in [2.75, 3.05) is 26.2 Å². The quantitative estimate of drug-likeness (QED) is 0.828. The third kappa shape index (κ3) is 5.08. The number of hydrogen-bond donors (Lipinski definition) is 2. The number of nitrogens with zero attached hydrogens (tertiary/aromatic N) is 1. The first kappa shape index (κ1) is 20.0. The molecular weight excluding hydrogens is 363 g/mol. The lowest BCUT2D eigenvalue weighted by atomic mass is 9.99. The highest BCUT2D eigenvalue weighted by Gasteiger charge is 2.23. The number of rotatable bonds is 4. The van der Waals surface area contributed by atoms with E-state index < -0.39 is 0 Å². The predicted molar refractivity (Wildman–Crippen MR) is 92.4 cm³/mol. The van der Waals surface area contributed by atoms with E-state index in [1.54, 1.807) is 6.07 Å². The fourth-order valence-corrected chi connectivity index (χ4v) is 2.97. The number of hydrogen-bond acceptors (Lipinski definition) is 3. The molecule has 1 aliphatic rings. The van der Waals surface area contributed by atoms with Crippen LogP contribution in [0.5, 0.6) is 5.75 Å². The third-order valence-corrected chi connectivity index (χ3v) is 4.00. The molecule has 1 aromatic carbocycles. The average Bonchev–Trinajstić information content (AvgIpc) is 2.40. The van der Waals surface area contributed by atoms with Crippen LogP contribution < -0.4 is 5.32 Å². The van der Waals surface area contributed by atoms with Crippen molar-refractivity contribution in [3.63, 3.8) is 0 Å². The molecule has 1 aliphatic heterocycles. The third-order valence-electron chi connectivity index (χ3n) is 3.50. The predicted octanol–water partition coefficient (Wildman–Crippen LogP) is 3.74. The lowest BCUT2D eigenvalue weighted by Gasteiger charge is -2.35. The minimum Gasteiger partial charge on any atom is -0.508 e. The standard InChI is InChI=1S/C14H21BrN2O.2ClH/c1-2-3-13(17-8-6-16-7-9-17)12-10-11(15)4-5-14(12)18;;/h4-5,10,13,16,18H,2-3,6-9H2,1H3;2*1H/t13-;;/m1../s1. The molecule has 0 saturated carbocycles. The van der Waals surface area contributed by atoms with Gasteiger partial charge in [0.25, 0.3) is 0 Å². The molecule has 0 aliphatic carbocycles. The Balaban J connectivity index is 0.00000180. The van der Waals surface area contributed by atoms with Gasteiger partial charge < -0.3 is 10.4 Å². The SMILES string of the molecule is CCC[C@H](c1cc(Br)ccc1O)N1CCNCC1.Cl.Cl. The molecular formula is C14H23BrCl2N2O. The molecule has 116 valence electrons. The van der Waals surface area contributed by atoms with E-state index in [1.165, 1.54) is 0 Å². The van der Waals surface area contributed by atoms with Gasteiger partial charge in [0, 0.05) is 42.3 Å². The molecule has 0 amide bonds. The van der Waals surface area contributed by atoms with Crippen molar-refractivity contribution in [1.82, 2.24) is 10.2 Å². The first-order valence-electron chi connectivity index (χ1n) is 6.65. The van der Waals surface area contributed by atoms with E-state index in [4.69, 9.17) is 0 Å². The Morgan fingerprint density at radius 1 is 1.30 bits per heavy atom. The van der Waals surface area contributed by atoms with Gasteiger partial charge in [-0.1, -0.05) is 29.3 Å². The Kier molecular flexibility index (Phi) is 9.85. The Morgan fingerprint density at radius 2 is 1.95 bits per heavy atom. The Labute approximate surface area is 142 Å². The maximum Gasteiger partial charge on any atom is 0.120 e. The first-order valence-corrected chi connectivity index (χ1v) is 7.45. The molecule has 1 atom stereocenters. The summed E-state index contributed by atoms with van der Waals surface area (Å²) in [4.78, 5) is 2.47. The smallest absolute Gasteiger partial charge is 0.120 e. The zero-order valence-electron chi connectivity index (χ0n) is 11.6. The van der Waals surface area contributed by atoms with Crippen LogP contribution >= 0.6 is 40.7 Å². The van der Waals surface area contributed by atoms with E-state index in [2.05, 4.69) is 39.1 Å². The molecule has 1 fully saturated rings. The second-order valence-corrected chi connectivity index (χ2v) is 5.71. The van der Waals surface area contributed by atoms with Crippen LogP contribution in [0, 0.1) is 0 Å². The Hall–Kier alpha value is -0.000000000000000111. The summed E-state index contributed by atoms with van der Waals surface area (Å²) in [6.07, 6.45) is 2.21. The van der Waals surface area contributed by atoms with E-state index in [0.717, 1.165) is 49.1 Å². The molecule has 2 N–H and O–H groups in total. The maximum absolute atomic E-state index is 10.1. The van der Waals surface area contributed by atoms with Gasteiger partial charge in [0.05, 0.1) is 0 Å². The van der Waals surface area contributed by atoms with Crippen molar-refractivity contribution in [3.8, 4) is 5.75 Å². The highest BCUT2D eigenvalue weighted by molar-refractivity contribution is 9.10. The Morgan fingerprint density at radius 3 is 2.55 bits per heavy atom. The van der Waals surface area contributed by atoms with Gasteiger partial charge in [0.15, 0.2) is 0 Å². The van der Waals surface area contributed by atoms with Gasteiger partial charge in [0.1, 0.15) is 5.75 Å². The zero-order chi connectivity index (χ0) is 13.0. The second-order valence-electron chi connectivity index (χ2n) is 4.79. The molecule has 2 rings (SSSR count). The van der Waals surface area contributed by atoms with Crippen molar-refractivity contribution in [3.05, 3.63) is 28.2 Å². The summed E-state index contributed by atoms with van der Waals surface area (Å²) in [5.74, 6) is 0.412. The van der Waals surface area contributed by atoms with Gasteiger partial charge in [-0.05, 0) is 24.6 Å². The Bertz CT molecular complexity index is 401. The van der Waals surface area contributed by atoms with Gasteiger partial charge in [-0.15, -0.1) is 24.8 Å². The molecule has 1 saturated heterocycles. The van der Waals surface area contributed by atoms with Crippen LogP contribution in [-0.2, 0) is 0 Å². The van der Waals surface area contributed by atoms with Crippen molar-refractivity contribution < 1.29 is 5.11 Å². The van der Waals surface area contributed by atoms with Crippen LogP contribution in [0.3, 0.4) is 0 Å². The van der Waals surface area contributed by atoms with Gasteiger partial charge in [0.2, 0.25) is 0 Å². The molecule has 0 bridgehead atoms. The van der Waals surface area contributed by atoms with Gasteiger partial charge in [-0.2, -0.15) is 0 Å². The average molecular weight is 386 g/mol. The molecule has 0 radical (unpaired) electrons. The zero-order valence-corrected chi connectivity index (χ0v) is 14.9. The number of phenols is 1. The molecule has 0 spiro atoms. The summed E-state index contributed by atoms with van der Waals surface area (Å²) in [5, 5.41) is 13.5. The van der Waals surface area contributed by atoms with Crippen LogP contribution in [0.25, 0.3) is 0 Å². The number of piperazine rings is 1. The molecule has 0 unspecified atom stereocenters. The van der Waals surface area contributed by atoms with Crippen LogP contribution in [0.1, 0.15) is 31.4 Å². The highest BCUT2D eigenvalue weighted by Crippen LogP contribution is 2.34. The van der Waals surface area contributed by atoms with E-state index in [-0.39, 0.29) is 24.8 Å². The van der Waals surface area contributed by atoms with Gasteiger partial charge >= 0.3 is 0 Å². The van der Waals surface area contributed by atoms with Crippen molar-refractivity contribution in [2.24, 2.45) is 0 Å². The topological polar surface area (TPSA) is 35.5 Å². The summed E-state index contributed by atoms with van der Waals surface area (Å²) < 4.78 is 1.03. The monoisotopic (exact) mass is 384 g/mol. The summed E-state index contributed by atoms with van der Waals surface area (Å²) in [6, 6.07) is 6.05. The van der Waals surface area contributed by atoms with Crippen molar-refractivity contribution in [1.29, 1.82) is 0 Å². The van der Waals surface area contributed by atoms with E-state index >= 15 is 0 Å². The number of benzene rings is 1. The van der Waals surface area contributed by atoms with Gasteiger partial charge in [-0.25, -0.2) is 0 Å². The number of halogens is 3. The minimum atomic E-state index is 0. The first-order chi connectivity index (χ1) is 8.72. The van der Waals surface area contributed by atoms with E-state index in [0.29, 0.717) is 11.8 Å². The van der Waals surface area contributed by atoms with Crippen molar-refractivity contribution in [2.45, 2.75) is 25.8 Å². The van der Waals surface area contributed by atoms with Crippen LogP contribution in [0.2, 0.25) is 0 Å². The molecule has 0 aromatic heterocycles. The maximum atomic E-state index is 10.1. The molecule has 1 aromatic rings. The number of nitrogens with one attached hydrogen (secondary N) is 1. The number of aromatic hydroxyl groups is 1. The molecule has 20 heavy (non-hydrogen) atoms. The second kappa shape index (κ2) is 9.85. The van der Waals surface area contributed by atoms with Crippen LogP contribution in [-0.4, -0.2) is 36.2 Å². The normalized spacial score (nSPS) is 16.9. The van der Waals surface area contributed by atoms with Crippen LogP contribution in [0.15, 0.2) is 22.7 Å². The molecule has 6 heteroatoms. The van der Waals surface area contributed by atoms with Crippen LogP contribution in [0.4, 0.5) is 0 Å². The summed E-state index contributed by atoms with van der Waals surface area (Å²) in [7, 11) is 0. The van der Waals surface area contributed by atoms with E-state index in [1.807, 2.05) is 6.07 Å². The molecule has 1 heterocycles. The summed E-state index contributed by atoms with van der Waals surface area (Å²) >= 11 is 3.50. The lowest BCUT2D eigenvalue weighted by Crippen LogP contribution is -2.45. The minimum absolute atomic E-state index is 0. The number of phenolic OH excluding ortho intramolecular Hbond substituents is 1. The summed E-state index contributed by atoms with van der Waals surface area (Å²) in [6.45, 7) is 6.38. The van der Waals surface area contributed by atoms with Crippen molar-refractivity contribution >= 4 is 40.7 Å². The lowest BCUT2D eigenvalue weighted by molar-refractivity contribution is 0.162. The molecule has 3 nitrogen and oxygen atoms in total. The fourth-order valence-electron chi connectivity index (χ4n) is 2.59. The van der Waals surface area contributed by atoms with Gasteiger partial charge in [-0.3, -0.25) is 4.90 Å².